The standard InChI is InChI=1S/C22H21N3O/c1-4-25(19-12-14(2)7-8-15(19)3)22(26)18-13-17-10-9-16-6-5-11-23-20(16)21(17)24-18/h5-13,24H,4H2,1-3H3. The Morgan fingerprint density at radius 3 is 2.69 bits per heavy atom. The summed E-state index contributed by atoms with van der Waals surface area (Å²) in [6, 6.07) is 16.1. The second-order valence-electron chi connectivity index (χ2n) is 6.63. The average Bonchev–Trinajstić information content (AvgIpc) is 3.10. The van der Waals surface area contributed by atoms with E-state index < -0.39 is 0 Å². The van der Waals surface area contributed by atoms with Crippen molar-refractivity contribution in [3.63, 3.8) is 0 Å². The van der Waals surface area contributed by atoms with E-state index in [1.807, 2.05) is 56.0 Å². The molecule has 0 fully saturated rings. The smallest absolute Gasteiger partial charge is 0.274 e. The number of aromatic amines is 1. The number of aryl methyl sites for hydroxylation is 2. The molecule has 2 heterocycles. The normalized spacial score (nSPS) is 11.2. The van der Waals surface area contributed by atoms with E-state index in [0.29, 0.717) is 12.2 Å². The first-order chi connectivity index (χ1) is 12.6. The maximum absolute atomic E-state index is 13.2. The number of anilines is 1. The van der Waals surface area contributed by atoms with Crippen LogP contribution >= 0.6 is 0 Å². The molecular formula is C22H21N3O. The lowest BCUT2D eigenvalue weighted by molar-refractivity contribution is 0.0984. The van der Waals surface area contributed by atoms with Gasteiger partial charge in [0.05, 0.1) is 11.0 Å². The first kappa shape index (κ1) is 16.3. The molecule has 4 rings (SSSR count). The zero-order valence-electron chi connectivity index (χ0n) is 15.2. The summed E-state index contributed by atoms with van der Waals surface area (Å²) in [5.41, 5.74) is 5.57. The fourth-order valence-corrected chi connectivity index (χ4v) is 3.43. The van der Waals surface area contributed by atoms with Crippen LogP contribution in [-0.4, -0.2) is 22.4 Å². The molecule has 130 valence electrons. The fourth-order valence-electron chi connectivity index (χ4n) is 3.43. The van der Waals surface area contributed by atoms with Gasteiger partial charge in [-0.1, -0.05) is 30.3 Å². The van der Waals surface area contributed by atoms with Crippen molar-refractivity contribution in [3.05, 3.63) is 71.5 Å². The van der Waals surface area contributed by atoms with E-state index in [9.17, 15) is 4.79 Å². The lowest BCUT2D eigenvalue weighted by Gasteiger charge is -2.23. The maximum atomic E-state index is 13.2. The predicted molar refractivity (Wildman–Crippen MR) is 107 cm³/mol. The minimum atomic E-state index is -0.0264. The monoisotopic (exact) mass is 343 g/mol. The van der Waals surface area contributed by atoms with E-state index in [4.69, 9.17) is 0 Å². The molecule has 0 radical (unpaired) electrons. The summed E-state index contributed by atoms with van der Waals surface area (Å²) in [6.07, 6.45) is 1.78. The molecule has 0 aliphatic heterocycles. The number of nitrogens with zero attached hydrogens (tertiary/aromatic N) is 2. The SMILES string of the molecule is CCN(C(=O)c1cc2ccc3cccnc3c2[nH]1)c1cc(C)ccc1C. The van der Waals surface area contributed by atoms with Crippen LogP contribution in [-0.2, 0) is 0 Å². The van der Waals surface area contributed by atoms with Crippen molar-refractivity contribution in [2.45, 2.75) is 20.8 Å². The number of carbonyl (C=O) groups is 1. The summed E-state index contributed by atoms with van der Waals surface area (Å²) in [5, 5.41) is 2.05. The van der Waals surface area contributed by atoms with Crippen LogP contribution in [0.3, 0.4) is 0 Å². The Morgan fingerprint density at radius 2 is 1.88 bits per heavy atom. The number of carbonyl (C=O) groups excluding carboxylic acids is 1. The molecule has 4 heteroatoms. The van der Waals surface area contributed by atoms with Crippen LogP contribution in [0.25, 0.3) is 21.8 Å². The molecule has 26 heavy (non-hydrogen) atoms. The molecule has 0 bridgehead atoms. The summed E-state index contributed by atoms with van der Waals surface area (Å²) in [6.45, 7) is 6.69. The Morgan fingerprint density at radius 1 is 1.08 bits per heavy atom. The molecule has 0 spiro atoms. The third-order valence-electron chi connectivity index (χ3n) is 4.81. The van der Waals surface area contributed by atoms with Gasteiger partial charge in [-0.2, -0.15) is 0 Å². The van der Waals surface area contributed by atoms with Crippen molar-refractivity contribution >= 4 is 33.4 Å². The lowest BCUT2D eigenvalue weighted by atomic mass is 10.1. The summed E-state index contributed by atoms with van der Waals surface area (Å²) in [5.74, 6) is -0.0264. The van der Waals surface area contributed by atoms with Gasteiger partial charge in [0.1, 0.15) is 5.69 Å². The minimum absolute atomic E-state index is 0.0264. The number of amides is 1. The van der Waals surface area contributed by atoms with Crippen LogP contribution in [0.1, 0.15) is 28.5 Å². The van der Waals surface area contributed by atoms with Crippen LogP contribution in [0.2, 0.25) is 0 Å². The van der Waals surface area contributed by atoms with Crippen molar-refractivity contribution in [2.75, 3.05) is 11.4 Å². The number of pyridine rings is 1. The highest BCUT2D eigenvalue weighted by Crippen LogP contribution is 2.27. The fraction of sp³-hybridized carbons (Fsp3) is 0.182. The quantitative estimate of drug-likeness (QED) is 0.569. The van der Waals surface area contributed by atoms with Gasteiger partial charge in [-0.05, 0) is 50.1 Å². The van der Waals surface area contributed by atoms with Gasteiger partial charge in [-0.3, -0.25) is 9.78 Å². The first-order valence-corrected chi connectivity index (χ1v) is 8.84. The van der Waals surface area contributed by atoms with Crippen LogP contribution in [0.15, 0.2) is 54.7 Å². The number of rotatable bonds is 3. The van der Waals surface area contributed by atoms with Crippen molar-refractivity contribution in [3.8, 4) is 0 Å². The van der Waals surface area contributed by atoms with Crippen LogP contribution in [0.5, 0.6) is 0 Å². The highest BCUT2D eigenvalue weighted by atomic mass is 16.2. The molecule has 0 aliphatic carbocycles. The molecule has 2 aromatic carbocycles. The Labute approximate surface area is 152 Å². The molecule has 0 unspecified atom stereocenters. The Kier molecular flexibility index (Phi) is 3.96. The molecular weight excluding hydrogens is 322 g/mol. The van der Waals surface area contributed by atoms with E-state index in [-0.39, 0.29) is 5.91 Å². The summed E-state index contributed by atoms with van der Waals surface area (Å²) in [4.78, 5) is 22.8. The molecule has 1 N–H and O–H groups in total. The Bertz CT molecular complexity index is 1130. The van der Waals surface area contributed by atoms with E-state index in [1.54, 1.807) is 6.20 Å². The van der Waals surface area contributed by atoms with E-state index in [0.717, 1.165) is 38.6 Å². The van der Waals surface area contributed by atoms with E-state index in [2.05, 4.69) is 28.2 Å². The average molecular weight is 343 g/mol. The molecule has 4 aromatic rings. The largest absolute Gasteiger partial charge is 0.349 e. The van der Waals surface area contributed by atoms with Crippen molar-refractivity contribution in [2.24, 2.45) is 0 Å². The second kappa shape index (κ2) is 6.30. The molecule has 4 nitrogen and oxygen atoms in total. The Hall–Kier alpha value is -3.14. The van der Waals surface area contributed by atoms with Gasteiger partial charge in [0.25, 0.3) is 5.91 Å². The third kappa shape index (κ3) is 2.64. The first-order valence-electron chi connectivity index (χ1n) is 8.84. The zero-order valence-corrected chi connectivity index (χ0v) is 15.2. The maximum Gasteiger partial charge on any atom is 0.274 e. The molecule has 2 aromatic heterocycles. The second-order valence-corrected chi connectivity index (χ2v) is 6.63. The molecule has 0 saturated carbocycles. The molecule has 0 atom stereocenters. The van der Waals surface area contributed by atoms with E-state index in [1.165, 1.54) is 0 Å². The number of fused-ring (bicyclic) bond motifs is 3. The molecule has 0 saturated heterocycles. The number of aromatic nitrogens is 2. The van der Waals surface area contributed by atoms with Gasteiger partial charge in [-0.15, -0.1) is 0 Å². The van der Waals surface area contributed by atoms with Gasteiger partial charge in [0.2, 0.25) is 0 Å². The van der Waals surface area contributed by atoms with E-state index >= 15 is 0 Å². The van der Waals surface area contributed by atoms with Crippen LogP contribution in [0, 0.1) is 13.8 Å². The predicted octanol–water partition coefficient (Wildman–Crippen LogP) is 5.00. The lowest BCUT2D eigenvalue weighted by Crippen LogP contribution is -2.31. The number of nitrogens with one attached hydrogen (secondary N) is 1. The van der Waals surface area contributed by atoms with Gasteiger partial charge in [0, 0.05) is 29.2 Å². The molecule has 0 aliphatic rings. The van der Waals surface area contributed by atoms with Gasteiger partial charge >= 0.3 is 0 Å². The number of hydrogen-bond acceptors (Lipinski definition) is 2. The summed E-state index contributed by atoms with van der Waals surface area (Å²) < 4.78 is 0. The molecule has 1 amide bonds. The van der Waals surface area contributed by atoms with Gasteiger partial charge in [0.15, 0.2) is 0 Å². The summed E-state index contributed by atoms with van der Waals surface area (Å²) in [7, 11) is 0. The zero-order chi connectivity index (χ0) is 18.3. The number of benzene rings is 2. The third-order valence-corrected chi connectivity index (χ3v) is 4.81. The highest BCUT2D eigenvalue weighted by Gasteiger charge is 2.20. The van der Waals surface area contributed by atoms with Crippen molar-refractivity contribution in [1.29, 1.82) is 0 Å². The topological polar surface area (TPSA) is 49.0 Å². The number of H-pyrrole nitrogens is 1. The van der Waals surface area contributed by atoms with Crippen LogP contribution < -0.4 is 4.90 Å². The number of hydrogen-bond donors (Lipinski definition) is 1. The van der Waals surface area contributed by atoms with Crippen molar-refractivity contribution < 1.29 is 4.79 Å². The van der Waals surface area contributed by atoms with Crippen LogP contribution in [0.4, 0.5) is 5.69 Å². The van der Waals surface area contributed by atoms with Gasteiger partial charge in [-0.25, -0.2) is 0 Å². The minimum Gasteiger partial charge on any atom is -0.349 e. The summed E-state index contributed by atoms with van der Waals surface area (Å²) >= 11 is 0. The van der Waals surface area contributed by atoms with Gasteiger partial charge < -0.3 is 9.88 Å². The Balaban J connectivity index is 1.82. The van der Waals surface area contributed by atoms with Crippen molar-refractivity contribution in [1.82, 2.24) is 9.97 Å². The highest BCUT2D eigenvalue weighted by molar-refractivity contribution is 6.11.